The zero-order valence-electron chi connectivity index (χ0n) is 13.5. The Kier molecular flexibility index (Phi) is 4.40. The normalized spacial score (nSPS) is 19.1. The first-order valence-corrected chi connectivity index (χ1v) is 8.05. The molecule has 9 nitrogen and oxygen atoms in total. The summed E-state index contributed by atoms with van der Waals surface area (Å²) in [5, 5.41) is 18.4. The molecule has 4 rings (SSSR count). The Labute approximate surface area is 143 Å². The number of aliphatic hydroxyl groups is 1. The van der Waals surface area contributed by atoms with E-state index in [1.807, 2.05) is 4.90 Å². The Bertz CT molecular complexity index is 791. The van der Waals surface area contributed by atoms with Gasteiger partial charge in [-0.05, 0) is 12.1 Å². The fourth-order valence-corrected chi connectivity index (χ4v) is 2.87. The average molecular weight is 342 g/mol. The van der Waals surface area contributed by atoms with Crippen molar-refractivity contribution in [3.05, 3.63) is 42.9 Å². The topological polar surface area (TPSA) is 105 Å². The molecule has 1 aliphatic rings. The smallest absolute Gasteiger partial charge is 0.283 e. The van der Waals surface area contributed by atoms with Crippen LogP contribution in [-0.2, 0) is 6.54 Å². The van der Waals surface area contributed by atoms with Crippen molar-refractivity contribution in [3.63, 3.8) is 0 Å². The van der Waals surface area contributed by atoms with Crippen molar-refractivity contribution in [2.24, 2.45) is 0 Å². The lowest BCUT2D eigenvalue weighted by Crippen LogP contribution is -2.33. The number of anilines is 1. The lowest BCUT2D eigenvalue weighted by molar-refractivity contribution is 0.124. The van der Waals surface area contributed by atoms with Crippen LogP contribution in [0.5, 0.6) is 0 Å². The fraction of sp³-hybridized carbons (Fsp3) is 0.375. The van der Waals surface area contributed by atoms with Gasteiger partial charge in [-0.15, -0.1) is 10.2 Å². The minimum atomic E-state index is -0.503. The first-order chi connectivity index (χ1) is 12.3. The number of furan rings is 1. The molecule has 0 unspecified atom stereocenters. The standard InChI is InChI=1S/C16H18N6O3/c23-12-9-21(5-6-22(10-12)14-8-17-3-4-18-14)11-15-19-20-16(25-15)13-2-1-7-24-13/h1-4,7-8,12,23H,5-6,9-11H2/t12-/m0/s1. The van der Waals surface area contributed by atoms with Gasteiger partial charge in [-0.1, -0.05) is 0 Å². The number of aliphatic hydroxyl groups excluding tert-OH is 1. The second-order valence-corrected chi connectivity index (χ2v) is 5.88. The quantitative estimate of drug-likeness (QED) is 0.737. The largest absolute Gasteiger partial charge is 0.459 e. The van der Waals surface area contributed by atoms with Crippen LogP contribution in [0.15, 0.2) is 45.8 Å². The third-order valence-corrected chi connectivity index (χ3v) is 4.02. The molecule has 4 heterocycles. The highest BCUT2D eigenvalue weighted by Crippen LogP contribution is 2.19. The van der Waals surface area contributed by atoms with Crippen LogP contribution < -0.4 is 4.90 Å². The van der Waals surface area contributed by atoms with Crippen molar-refractivity contribution < 1.29 is 13.9 Å². The first kappa shape index (κ1) is 15.7. The van der Waals surface area contributed by atoms with E-state index in [4.69, 9.17) is 8.83 Å². The number of β-amino-alcohol motifs (C(OH)–C–C–N with tert-alkyl or cyclic N) is 1. The molecular formula is C16H18N6O3. The summed E-state index contributed by atoms with van der Waals surface area (Å²) in [5.41, 5.74) is 0. The maximum Gasteiger partial charge on any atom is 0.283 e. The molecule has 1 aliphatic heterocycles. The van der Waals surface area contributed by atoms with Gasteiger partial charge < -0.3 is 18.8 Å². The van der Waals surface area contributed by atoms with Crippen molar-refractivity contribution in [3.8, 4) is 11.7 Å². The SMILES string of the molecule is O[C@H]1CN(Cc2nnc(-c3ccco3)o2)CCN(c2cnccn2)C1. The van der Waals surface area contributed by atoms with Gasteiger partial charge in [0.25, 0.3) is 5.89 Å². The van der Waals surface area contributed by atoms with E-state index < -0.39 is 6.10 Å². The van der Waals surface area contributed by atoms with E-state index in [0.29, 0.717) is 37.2 Å². The number of hydrogen-bond donors (Lipinski definition) is 1. The molecule has 1 atom stereocenters. The third kappa shape index (κ3) is 3.67. The summed E-state index contributed by atoms with van der Waals surface area (Å²) >= 11 is 0. The van der Waals surface area contributed by atoms with Gasteiger partial charge in [0.1, 0.15) is 5.82 Å². The van der Waals surface area contributed by atoms with Crippen LogP contribution in [0.1, 0.15) is 5.89 Å². The zero-order chi connectivity index (χ0) is 17.1. The van der Waals surface area contributed by atoms with Gasteiger partial charge in [0.05, 0.1) is 25.1 Å². The Balaban J connectivity index is 1.42. The van der Waals surface area contributed by atoms with Crippen molar-refractivity contribution in [1.82, 2.24) is 25.1 Å². The van der Waals surface area contributed by atoms with Crippen molar-refractivity contribution >= 4 is 5.82 Å². The Morgan fingerprint density at radius 3 is 2.96 bits per heavy atom. The number of hydrogen-bond acceptors (Lipinski definition) is 9. The molecule has 0 aromatic carbocycles. The van der Waals surface area contributed by atoms with Crippen LogP contribution >= 0.6 is 0 Å². The summed E-state index contributed by atoms with van der Waals surface area (Å²) in [5.74, 6) is 2.16. The molecule has 25 heavy (non-hydrogen) atoms. The van der Waals surface area contributed by atoms with Crippen LogP contribution in [0.2, 0.25) is 0 Å². The van der Waals surface area contributed by atoms with E-state index in [0.717, 1.165) is 18.9 Å². The van der Waals surface area contributed by atoms with E-state index in [2.05, 4.69) is 25.1 Å². The maximum absolute atomic E-state index is 10.3. The van der Waals surface area contributed by atoms with Gasteiger partial charge in [0.15, 0.2) is 5.76 Å². The highest BCUT2D eigenvalue weighted by Gasteiger charge is 2.23. The molecule has 0 amide bonds. The summed E-state index contributed by atoms with van der Waals surface area (Å²) in [6.45, 7) is 2.98. The van der Waals surface area contributed by atoms with Crippen molar-refractivity contribution in [2.75, 3.05) is 31.1 Å². The minimum absolute atomic E-state index is 0.358. The molecule has 3 aromatic rings. The van der Waals surface area contributed by atoms with Crippen LogP contribution in [0, 0.1) is 0 Å². The van der Waals surface area contributed by atoms with Crippen LogP contribution in [-0.4, -0.2) is 62.5 Å². The first-order valence-electron chi connectivity index (χ1n) is 8.05. The lowest BCUT2D eigenvalue weighted by Gasteiger charge is -2.21. The predicted octanol–water partition coefficient (Wildman–Crippen LogP) is 0.803. The highest BCUT2D eigenvalue weighted by atomic mass is 16.4. The molecule has 1 fully saturated rings. The fourth-order valence-electron chi connectivity index (χ4n) is 2.87. The summed E-state index contributed by atoms with van der Waals surface area (Å²) < 4.78 is 10.9. The Morgan fingerprint density at radius 2 is 2.16 bits per heavy atom. The molecule has 3 aromatic heterocycles. The molecule has 130 valence electrons. The van der Waals surface area contributed by atoms with Crippen LogP contribution in [0.4, 0.5) is 5.82 Å². The van der Waals surface area contributed by atoms with E-state index in [-0.39, 0.29) is 0 Å². The lowest BCUT2D eigenvalue weighted by atomic mass is 10.3. The highest BCUT2D eigenvalue weighted by molar-refractivity contribution is 5.42. The molecule has 9 heteroatoms. The molecular weight excluding hydrogens is 324 g/mol. The van der Waals surface area contributed by atoms with Gasteiger partial charge in [-0.25, -0.2) is 4.98 Å². The van der Waals surface area contributed by atoms with Gasteiger partial charge in [-0.2, -0.15) is 0 Å². The second kappa shape index (κ2) is 6.99. The van der Waals surface area contributed by atoms with Gasteiger partial charge in [0.2, 0.25) is 5.89 Å². The van der Waals surface area contributed by atoms with Gasteiger partial charge in [0, 0.05) is 38.6 Å². The van der Waals surface area contributed by atoms with E-state index in [1.165, 1.54) is 0 Å². The Morgan fingerprint density at radius 1 is 1.20 bits per heavy atom. The molecule has 0 bridgehead atoms. The molecule has 0 spiro atoms. The second-order valence-electron chi connectivity index (χ2n) is 5.88. The molecule has 0 radical (unpaired) electrons. The van der Waals surface area contributed by atoms with E-state index >= 15 is 0 Å². The summed E-state index contributed by atoms with van der Waals surface area (Å²) in [6.07, 6.45) is 6.05. The van der Waals surface area contributed by atoms with Crippen molar-refractivity contribution in [1.29, 1.82) is 0 Å². The monoisotopic (exact) mass is 342 g/mol. The zero-order valence-corrected chi connectivity index (χ0v) is 13.5. The van der Waals surface area contributed by atoms with Crippen LogP contribution in [0.3, 0.4) is 0 Å². The Hall–Kier alpha value is -2.78. The van der Waals surface area contributed by atoms with E-state index in [9.17, 15) is 5.11 Å². The van der Waals surface area contributed by atoms with Gasteiger partial charge >= 0.3 is 0 Å². The summed E-state index contributed by atoms with van der Waals surface area (Å²) in [7, 11) is 0. The molecule has 0 aliphatic carbocycles. The van der Waals surface area contributed by atoms with Crippen molar-refractivity contribution in [2.45, 2.75) is 12.6 Å². The average Bonchev–Trinajstić information content (AvgIpc) is 3.27. The van der Waals surface area contributed by atoms with Crippen LogP contribution in [0.25, 0.3) is 11.7 Å². The molecule has 0 saturated carbocycles. The molecule has 1 saturated heterocycles. The summed E-state index contributed by atoms with van der Waals surface area (Å²) in [6, 6.07) is 3.54. The predicted molar refractivity (Wildman–Crippen MR) is 87.5 cm³/mol. The number of aromatic nitrogens is 4. The number of nitrogens with zero attached hydrogens (tertiary/aromatic N) is 6. The third-order valence-electron chi connectivity index (χ3n) is 4.02. The van der Waals surface area contributed by atoms with Gasteiger partial charge in [-0.3, -0.25) is 9.88 Å². The summed E-state index contributed by atoms with van der Waals surface area (Å²) in [4.78, 5) is 12.5. The minimum Gasteiger partial charge on any atom is -0.459 e. The maximum atomic E-state index is 10.3. The molecule has 1 N–H and O–H groups in total. The van der Waals surface area contributed by atoms with E-state index in [1.54, 1.807) is 37.0 Å². The number of rotatable bonds is 4.